The molecule has 0 radical (unpaired) electrons. The van der Waals surface area contributed by atoms with Gasteiger partial charge in [-0.15, -0.1) is 11.3 Å². The summed E-state index contributed by atoms with van der Waals surface area (Å²) in [6.45, 7) is 4.50. The molecule has 2 aromatic carbocycles. The molecule has 6 nitrogen and oxygen atoms in total. The molecule has 0 fully saturated rings. The van der Waals surface area contributed by atoms with E-state index in [0.29, 0.717) is 5.69 Å². The number of anilines is 2. The number of aryl methyl sites for hydroxylation is 1. The molecule has 0 spiro atoms. The predicted octanol–water partition coefficient (Wildman–Crippen LogP) is 7.40. The van der Waals surface area contributed by atoms with Crippen molar-refractivity contribution in [3.05, 3.63) is 76.7 Å². The number of rotatable bonds is 11. The Balaban J connectivity index is 1.31. The van der Waals surface area contributed by atoms with Gasteiger partial charge < -0.3 is 10.0 Å². The summed E-state index contributed by atoms with van der Waals surface area (Å²) in [6.07, 6.45) is 11.8. The molecule has 1 N–H and O–H groups in total. The molecule has 0 aliphatic carbocycles. The number of amides is 1. The van der Waals surface area contributed by atoms with E-state index < -0.39 is 11.9 Å². The van der Waals surface area contributed by atoms with E-state index in [2.05, 4.69) is 35.1 Å². The standard InChI is InChI=1S/C32H35N3O3S/c1-2-3-4-5-6-10-19-34-20-11-12-23-21-24(15-17-28(23)34)29-18-16-26(39-29)22-27-30(32(37)38)33-35(31(27)36)25-13-8-7-9-14-25/h7-9,13-18,21-22H,2-6,10-12,19-20H2,1H3,(H,37,38). The molecule has 7 heteroatoms. The summed E-state index contributed by atoms with van der Waals surface area (Å²) in [5.41, 5.74) is 4.30. The molecule has 5 rings (SSSR count). The first-order valence-electron chi connectivity index (χ1n) is 14.0. The van der Waals surface area contributed by atoms with Crippen LogP contribution in [0.3, 0.4) is 0 Å². The van der Waals surface area contributed by atoms with E-state index in [1.54, 1.807) is 41.7 Å². The summed E-state index contributed by atoms with van der Waals surface area (Å²) in [7, 11) is 0. The minimum atomic E-state index is -1.22. The molecule has 0 bridgehead atoms. The second-order valence-electron chi connectivity index (χ2n) is 10.2. The van der Waals surface area contributed by atoms with Crippen molar-refractivity contribution in [1.82, 2.24) is 0 Å². The van der Waals surface area contributed by atoms with E-state index >= 15 is 0 Å². The van der Waals surface area contributed by atoms with E-state index in [-0.39, 0.29) is 11.3 Å². The number of fused-ring (bicyclic) bond motifs is 1. The quantitative estimate of drug-likeness (QED) is 0.203. The van der Waals surface area contributed by atoms with Crippen LogP contribution in [0.4, 0.5) is 11.4 Å². The third-order valence-electron chi connectivity index (χ3n) is 7.36. The first-order valence-corrected chi connectivity index (χ1v) is 14.8. The van der Waals surface area contributed by atoms with Gasteiger partial charge in [0.25, 0.3) is 5.91 Å². The summed E-state index contributed by atoms with van der Waals surface area (Å²) >= 11 is 1.55. The van der Waals surface area contributed by atoms with Gasteiger partial charge in [0, 0.05) is 28.5 Å². The predicted molar refractivity (Wildman–Crippen MR) is 161 cm³/mol. The van der Waals surface area contributed by atoms with Crippen molar-refractivity contribution >= 4 is 46.4 Å². The summed E-state index contributed by atoms with van der Waals surface area (Å²) < 4.78 is 0. The zero-order valence-corrected chi connectivity index (χ0v) is 23.3. The van der Waals surface area contributed by atoms with Crippen LogP contribution in [0.15, 0.2) is 71.3 Å². The summed E-state index contributed by atoms with van der Waals surface area (Å²) in [5.74, 6) is -1.65. The molecule has 0 saturated carbocycles. The number of aliphatic carboxylic acids is 1. The van der Waals surface area contributed by atoms with Gasteiger partial charge in [-0.25, -0.2) is 4.79 Å². The maximum absolute atomic E-state index is 13.1. The molecule has 1 aromatic heterocycles. The minimum Gasteiger partial charge on any atom is -0.476 e. The SMILES string of the molecule is CCCCCCCCN1CCCc2cc(-c3ccc(C=C4C(=O)N(c5ccccc5)N=C4C(=O)O)s3)ccc21. The zero-order chi connectivity index (χ0) is 27.2. The minimum absolute atomic E-state index is 0.0931. The number of unbranched alkanes of at least 4 members (excludes halogenated alkanes) is 5. The fraction of sp³-hybridized carbons (Fsp3) is 0.344. The molecule has 0 saturated heterocycles. The van der Waals surface area contributed by atoms with Crippen LogP contribution in [-0.2, 0) is 16.0 Å². The highest BCUT2D eigenvalue weighted by molar-refractivity contribution is 7.16. The van der Waals surface area contributed by atoms with Crippen molar-refractivity contribution in [3.8, 4) is 10.4 Å². The molecular weight excluding hydrogens is 506 g/mol. The fourth-order valence-corrected chi connectivity index (χ4v) is 6.27. The Morgan fingerprint density at radius 2 is 1.82 bits per heavy atom. The van der Waals surface area contributed by atoms with Crippen molar-refractivity contribution < 1.29 is 14.7 Å². The number of nitrogens with zero attached hydrogens (tertiary/aromatic N) is 3. The average molecular weight is 542 g/mol. The number of carboxylic acid groups (broad SMARTS) is 1. The highest BCUT2D eigenvalue weighted by Gasteiger charge is 2.35. The highest BCUT2D eigenvalue weighted by Crippen LogP contribution is 2.36. The number of hydrogen-bond acceptors (Lipinski definition) is 5. The van der Waals surface area contributed by atoms with Gasteiger partial charge in [-0.05, 0) is 72.9 Å². The largest absolute Gasteiger partial charge is 0.476 e. The van der Waals surface area contributed by atoms with E-state index in [4.69, 9.17) is 0 Å². The van der Waals surface area contributed by atoms with Crippen molar-refractivity contribution in [2.75, 3.05) is 23.0 Å². The van der Waals surface area contributed by atoms with Gasteiger partial charge in [0.15, 0.2) is 5.71 Å². The van der Waals surface area contributed by atoms with Crippen LogP contribution in [0.25, 0.3) is 16.5 Å². The number of carbonyl (C=O) groups excluding carboxylic acids is 1. The van der Waals surface area contributed by atoms with Crippen LogP contribution in [0, 0.1) is 0 Å². The molecule has 202 valence electrons. The van der Waals surface area contributed by atoms with Gasteiger partial charge in [-0.3, -0.25) is 4.79 Å². The lowest BCUT2D eigenvalue weighted by atomic mass is 9.98. The first-order chi connectivity index (χ1) is 19.0. The third kappa shape index (κ3) is 6.14. The maximum atomic E-state index is 13.1. The number of benzene rings is 2. The summed E-state index contributed by atoms with van der Waals surface area (Å²) in [6, 6.07) is 19.6. The van der Waals surface area contributed by atoms with Crippen LogP contribution in [0.5, 0.6) is 0 Å². The van der Waals surface area contributed by atoms with Gasteiger partial charge in [-0.2, -0.15) is 10.1 Å². The molecule has 1 amide bonds. The smallest absolute Gasteiger partial charge is 0.357 e. The molecule has 3 heterocycles. The van der Waals surface area contributed by atoms with Gasteiger partial charge >= 0.3 is 5.97 Å². The first kappa shape index (κ1) is 26.9. The zero-order valence-electron chi connectivity index (χ0n) is 22.4. The number of thiophene rings is 1. The average Bonchev–Trinajstić information content (AvgIpc) is 3.56. The third-order valence-corrected chi connectivity index (χ3v) is 8.44. The van der Waals surface area contributed by atoms with Gasteiger partial charge in [0.05, 0.1) is 11.3 Å². The Morgan fingerprint density at radius 3 is 2.62 bits per heavy atom. The Bertz CT molecular complexity index is 1390. The lowest BCUT2D eigenvalue weighted by Gasteiger charge is -2.31. The van der Waals surface area contributed by atoms with Crippen molar-refractivity contribution in [3.63, 3.8) is 0 Å². The summed E-state index contributed by atoms with van der Waals surface area (Å²) in [4.78, 5) is 29.5. The van der Waals surface area contributed by atoms with E-state index in [1.807, 2.05) is 18.2 Å². The van der Waals surface area contributed by atoms with Crippen LogP contribution < -0.4 is 9.91 Å². The van der Waals surface area contributed by atoms with E-state index in [0.717, 1.165) is 39.8 Å². The Hall–Kier alpha value is -3.71. The Morgan fingerprint density at radius 1 is 1.03 bits per heavy atom. The van der Waals surface area contributed by atoms with E-state index in [1.165, 1.54) is 56.2 Å². The summed E-state index contributed by atoms with van der Waals surface area (Å²) in [5, 5.41) is 15.0. The van der Waals surface area contributed by atoms with Crippen LogP contribution in [-0.4, -0.2) is 35.8 Å². The molecule has 2 aliphatic heterocycles. The molecule has 39 heavy (non-hydrogen) atoms. The molecule has 3 aromatic rings. The lowest BCUT2D eigenvalue weighted by Crippen LogP contribution is -2.30. The van der Waals surface area contributed by atoms with E-state index in [9.17, 15) is 14.7 Å². The van der Waals surface area contributed by atoms with Crippen molar-refractivity contribution in [1.29, 1.82) is 0 Å². The second-order valence-corrected chi connectivity index (χ2v) is 11.3. The molecule has 0 unspecified atom stereocenters. The Labute approximate surface area is 234 Å². The molecular formula is C32H35N3O3S. The normalized spacial score (nSPS) is 16.1. The Kier molecular flexibility index (Phi) is 8.57. The number of hydrogen-bond donors (Lipinski definition) is 1. The number of para-hydroxylation sites is 1. The van der Waals surface area contributed by atoms with Gasteiger partial charge in [0.1, 0.15) is 0 Å². The maximum Gasteiger partial charge on any atom is 0.357 e. The van der Waals surface area contributed by atoms with Crippen LogP contribution >= 0.6 is 11.3 Å². The molecule has 0 atom stereocenters. The monoisotopic (exact) mass is 541 g/mol. The number of carbonyl (C=O) groups is 2. The number of hydrazone groups is 1. The topological polar surface area (TPSA) is 73.2 Å². The highest BCUT2D eigenvalue weighted by atomic mass is 32.1. The van der Waals surface area contributed by atoms with Crippen molar-refractivity contribution in [2.45, 2.75) is 58.3 Å². The van der Waals surface area contributed by atoms with Crippen LogP contribution in [0.2, 0.25) is 0 Å². The van der Waals surface area contributed by atoms with Crippen LogP contribution in [0.1, 0.15) is 62.3 Å². The van der Waals surface area contributed by atoms with Gasteiger partial charge in [-0.1, -0.05) is 63.3 Å². The molecule has 2 aliphatic rings. The lowest BCUT2D eigenvalue weighted by molar-refractivity contribution is -0.129. The van der Waals surface area contributed by atoms with Crippen molar-refractivity contribution in [2.24, 2.45) is 5.10 Å². The van der Waals surface area contributed by atoms with Gasteiger partial charge in [0.2, 0.25) is 0 Å². The fourth-order valence-electron chi connectivity index (χ4n) is 5.32. The number of carboxylic acids is 1. The second kappa shape index (κ2) is 12.4.